The van der Waals surface area contributed by atoms with Crippen molar-refractivity contribution in [2.75, 3.05) is 5.75 Å². The van der Waals surface area contributed by atoms with Crippen molar-refractivity contribution in [1.82, 2.24) is 14.5 Å². The van der Waals surface area contributed by atoms with Gasteiger partial charge in [-0.25, -0.2) is 18.4 Å². The molecule has 0 bridgehead atoms. The van der Waals surface area contributed by atoms with E-state index in [2.05, 4.69) is 9.97 Å². The number of nitrogens with zero attached hydrogens (tertiary/aromatic N) is 3. The van der Waals surface area contributed by atoms with E-state index in [1.807, 2.05) is 13.0 Å². The lowest BCUT2D eigenvalue weighted by Gasteiger charge is -2.07. The minimum absolute atomic E-state index is 0.0786. The second-order valence-electron chi connectivity index (χ2n) is 4.91. The third-order valence-corrected chi connectivity index (χ3v) is 6.83. The predicted octanol–water partition coefficient (Wildman–Crippen LogP) is 2.60. The molecule has 120 valence electrons. The summed E-state index contributed by atoms with van der Waals surface area (Å²) in [4.78, 5) is 20.7. The molecule has 0 fully saturated rings. The van der Waals surface area contributed by atoms with Crippen molar-refractivity contribution in [2.45, 2.75) is 18.2 Å². The Kier molecular flexibility index (Phi) is 3.99. The first-order valence-electron chi connectivity index (χ1n) is 6.71. The van der Waals surface area contributed by atoms with Crippen molar-refractivity contribution < 1.29 is 8.42 Å². The summed E-state index contributed by atoms with van der Waals surface area (Å²) in [5, 5.41) is 0.416. The number of rotatable bonds is 3. The Hall–Kier alpha value is -1.77. The molecule has 0 unspecified atom stereocenters. The molecule has 0 spiro atoms. The van der Waals surface area contributed by atoms with Crippen molar-refractivity contribution in [3.05, 3.63) is 45.5 Å². The summed E-state index contributed by atoms with van der Waals surface area (Å²) in [6.07, 6.45) is 1.31. The molecule has 2 heterocycles. The number of sulfone groups is 1. The molecule has 2 aromatic heterocycles. The lowest BCUT2D eigenvalue weighted by Crippen LogP contribution is -2.18. The van der Waals surface area contributed by atoms with Crippen molar-refractivity contribution in [2.24, 2.45) is 0 Å². The number of halogens is 1. The zero-order chi connectivity index (χ0) is 16.8. The molecule has 3 rings (SSSR count). The highest BCUT2D eigenvalue weighted by molar-refractivity contribution is 7.93. The molecule has 1 aromatic carbocycles. The monoisotopic (exact) mass is 369 g/mol. The molecule has 0 radical (unpaired) electrons. The maximum Gasteiger partial charge on any atom is 0.277 e. The molecule has 0 aliphatic carbocycles. The van der Waals surface area contributed by atoms with Gasteiger partial charge in [0, 0.05) is 0 Å². The van der Waals surface area contributed by atoms with E-state index in [4.69, 9.17) is 11.6 Å². The molecular formula is C14H12ClN3O3S2. The molecule has 0 saturated heterocycles. The minimum Gasteiger partial charge on any atom is -0.267 e. The summed E-state index contributed by atoms with van der Waals surface area (Å²) in [6, 6.07) is 5.29. The molecule has 3 aromatic rings. The number of aryl methyl sites for hydroxylation is 1. The Morgan fingerprint density at radius 3 is 2.74 bits per heavy atom. The average molecular weight is 370 g/mol. The minimum atomic E-state index is -3.47. The lowest BCUT2D eigenvalue weighted by molar-refractivity contribution is 0.596. The SMILES string of the molecule is CCS(=O)(=O)c1nc2ncn(-c3ccc(C)cc3Cl)c(=O)c2s1. The zero-order valence-corrected chi connectivity index (χ0v) is 14.7. The molecule has 0 aliphatic heterocycles. The normalized spacial score (nSPS) is 12.0. The van der Waals surface area contributed by atoms with Gasteiger partial charge in [-0.2, -0.15) is 0 Å². The van der Waals surface area contributed by atoms with E-state index < -0.39 is 15.4 Å². The third kappa shape index (κ3) is 2.77. The van der Waals surface area contributed by atoms with Gasteiger partial charge in [0.1, 0.15) is 11.0 Å². The van der Waals surface area contributed by atoms with Crippen LogP contribution in [0, 0.1) is 6.92 Å². The van der Waals surface area contributed by atoms with E-state index in [0.29, 0.717) is 10.7 Å². The summed E-state index contributed by atoms with van der Waals surface area (Å²) < 4.78 is 25.2. The number of aromatic nitrogens is 3. The second-order valence-corrected chi connectivity index (χ2v) is 8.77. The third-order valence-electron chi connectivity index (χ3n) is 3.31. The molecule has 0 N–H and O–H groups in total. The largest absolute Gasteiger partial charge is 0.277 e. The van der Waals surface area contributed by atoms with Gasteiger partial charge in [-0.1, -0.05) is 35.9 Å². The van der Waals surface area contributed by atoms with Gasteiger partial charge < -0.3 is 0 Å². The molecule has 23 heavy (non-hydrogen) atoms. The molecule has 0 saturated carbocycles. The van der Waals surface area contributed by atoms with Gasteiger partial charge in [0.15, 0.2) is 5.65 Å². The summed E-state index contributed by atoms with van der Waals surface area (Å²) in [7, 11) is -3.47. The van der Waals surface area contributed by atoms with Crippen LogP contribution in [0.15, 0.2) is 33.7 Å². The number of benzene rings is 1. The Morgan fingerprint density at radius 2 is 2.09 bits per heavy atom. The van der Waals surface area contributed by atoms with Crippen LogP contribution in [0.2, 0.25) is 5.02 Å². The first-order valence-corrected chi connectivity index (χ1v) is 9.55. The van der Waals surface area contributed by atoms with Crippen LogP contribution in [-0.4, -0.2) is 28.7 Å². The van der Waals surface area contributed by atoms with Crippen molar-refractivity contribution in [1.29, 1.82) is 0 Å². The Labute approximate surface area is 141 Å². The fourth-order valence-electron chi connectivity index (χ4n) is 2.03. The van der Waals surface area contributed by atoms with E-state index in [-0.39, 0.29) is 20.4 Å². The zero-order valence-electron chi connectivity index (χ0n) is 12.3. The average Bonchev–Trinajstić information content (AvgIpc) is 2.94. The highest BCUT2D eigenvalue weighted by Gasteiger charge is 2.20. The van der Waals surface area contributed by atoms with E-state index in [1.165, 1.54) is 17.8 Å². The van der Waals surface area contributed by atoms with Gasteiger partial charge in [0.25, 0.3) is 5.56 Å². The van der Waals surface area contributed by atoms with Gasteiger partial charge >= 0.3 is 0 Å². The van der Waals surface area contributed by atoms with E-state index in [0.717, 1.165) is 16.9 Å². The Bertz CT molecular complexity index is 1070. The first-order chi connectivity index (χ1) is 10.8. The van der Waals surface area contributed by atoms with E-state index in [1.54, 1.807) is 12.1 Å². The summed E-state index contributed by atoms with van der Waals surface area (Å²) in [5.74, 6) is -0.0786. The van der Waals surface area contributed by atoms with Crippen LogP contribution in [0.3, 0.4) is 0 Å². The van der Waals surface area contributed by atoms with Gasteiger partial charge in [-0.15, -0.1) is 0 Å². The summed E-state index contributed by atoms with van der Waals surface area (Å²) in [5.41, 5.74) is 1.20. The standard InChI is InChI=1S/C14H12ClN3O3S2/c1-3-23(20,21)14-17-12-11(22-14)13(19)18(7-16-12)10-5-4-8(2)6-9(10)15/h4-7H,3H2,1-2H3. The fourth-order valence-corrected chi connectivity index (χ4v) is 4.62. The Balaban J connectivity index is 2.26. The van der Waals surface area contributed by atoms with Crippen LogP contribution < -0.4 is 5.56 Å². The number of fused-ring (bicyclic) bond motifs is 1. The van der Waals surface area contributed by atoms with Gasteiger partial charge in [0.05, 0.1) is 16.5 Å². The van der Waals surface area contributed by atoms with Crippen molar-refractivity contribution in [3.8, 4) is 5.69 Å². The highest BCUT2D eigenvalue weighted by Crippen LogP contribution is 2.24. The van der Waals surface area contributed by atoms with Gasteiger partial charge in [-0.3, -0.25) is 9.36 Å². The van der Waals surface area contributed by atoms with Crippen LogP contribution in [0.5, 0.6) is 0 Å². The maximum absolute atomic E-state index is 12.6. The maximum atomic E-state index is 12.6. The van der Waals surface area contributed by atoms with E-state index >= 15 is 0 Å². The van der Waals surface area contributed by atoms with Gasteiger partial charge in [-0.05, 0) is 24.6 Å². The Morgan fingerprint density at radius 1 is 1.35 bits per heavy atom. The van der Waals surface area contributed by atoms with Crippen LogP contribution in [0.1, 0.15) is 12.5 Å². The van der Waals surface area contributed by atoms with Crippen LogP contribution in [-0.2, 0) is 9.84 Å². The summed E-state index contributed by atoms with van der Waals surface area (Å²) >= 11 is 7.03. The molecule has 0 atom stereocenters. The summed E-state index contributed by atoms with van der Waals surface area (Å²) in [6.45, 7) is 3.42. The van der Waals surface area contributed by atoms with Crippen molar-refractivity contribution in [3.63, 3.8) is 0 Å². The quantitative estimate of drug-likeness (QED) is 0.708. The fraction of sp³-hybridized carbons (Fsp3) is 0.214. The number of hydrogen-bond acceptors (Lipinski definition) is 6. The van der Waals surface area contributed by atoms with Crippen molar-refractivity contribution >= 4 is 43.1 Å². The highest BCUT2D eigenvalue weighted by atomic mass is 35.5. The smallest absolute Gasteiger partial charge is 0.267 e. The van der Waals surface area contributed by atoms with Crippen LogP contribution in [0.25, 0.3) is 16.0 Å². The topological polar surface area (TPSA) is 81.9 Å². The predicted molar refractivity (Wildman–Crippen MR) is 90.5 cm³/mol. The van der Waals surface area contributed by atoms with E-state index in [9.17, 15) is 13.2 Å². The molecular weight excluding hydrogens is 358 g/mol. The number of hydrogen-bond donors (Lipinski definition) is 0. The lowest BCUT2D eigenvalue weighted by atomic mass is 10.2. The molecule has 0 amide bonds. The number of thiazole rings is 1. The molecule has 6 nitrogen and oxygen atoms in total. The van der Waals surface area contributed by atoms with Crippen LogP contribution >= 0.6 is 22.9 Å². The first kappa shape index (κ1) is 16.1. The molecule has 9 heteroatoms. The molecule has 0 aliphatic rings. The second kappa shape index (κ2) is 5.70. The van der Waals surface area contributed by atoms with Crippen LogP contribution in [0.4, 0.5) is 0 Å². The van der Waals surface area contributed by atoms with Gasteiger partial charge in [0.2, 0.25) is 14.2 Å².